The third-order valence-electron chi connectivity index (χ3n) is 0. The van der Waals surface area contributed by atoms with Crippen molar-refractivity contribution in [3.63, 3.8) is 0 Å². The molecule has 4 heavy (non-hydrogen) atoms. The van der Waals surface area contributed by atoms with E-state index in [9.17, 15) is 0 Å². The van der Waals surface area contributed by atoms with Crippen LogP contribution in [0.2, 0.25) is 0 Å². The van der Waals surface area contributed by atoms with Gasteiger partial charge in [0.2, 0.25) is 0 Å². The van der Waals surface area contributed by atoms with Crippen molar-refractivity contribution in [1.29, 1.82) is 0 Å². The molecule has 0 nitrogen and oxygen atoms in total. The van der Waals surface area contributed by atoms with E-state index in [2.05, 4.69) is 0 Å². The molecule has 0 aromatic heterocycles. The van der Waals surface area contributed by atoms with Gasteiger partial charge in [0, 0.05) is 94.7 Å². The summed E-state index contributed by atoms with van der Waals surface area (Å²) in [6.45, 7) is 0. The molecule has 0 N–H and O–H groups in total. The van der Waals surface area contributed by atoms with E-state index in [1.165, 1.54) is 0 Å². The Morgan fingerprint density at radius 3 is 0.750 bits per heavy atom. The molecule has 0 aromatic rings. The number of rotatable bonds is 0. The minimum Gasteiger partial charge on any atom is 0 e. The summed E-state index contributed by atoms with van der Waals surface area (Å²) in [6, 6.07) is 0. The molecule has 0 unspecified atom stereocenters. The van der Waals surface area contributed by atoms with Crippen LogP contribution in [-0.2, 0) is 22.4 Å². The second-order valence-electron chi connectivity index (χ2n) is 0. The molecule has 0 bridgehead atoms. The molecule has 0 aliphatic heterocycles. The average molecular weight is 428 g/mol. The van der Waals surface area contributed by atoms with E-state index < -0.39 is 0 Å². The first-order valence-corrected chi connectivity index (χ1v) is 0. The summed E-state index contributed by atoms with van der Waals surface area (Å²) in [4.78, 5) is 0. The van der Waals surface area contributed by atoms with E-state index in [4.69, 9.17) is 0 Å². The summed E-state index contributed by atoms with van der Waals surface area (Å²) >= 11 is 0. The molecular formula is AgDySe2. The molecule has 4 heteroatoms. The fourth-order valence-electron chi connectivity index (χ4n) is 0. The monoisotopic (exact) mass is 431 g/mol. The van der Waals surface area contributed by atoms with Crippen LogP contribution in [0, 0.1) is 38.2 Å². The molecule has 0 atom stereocenters. The molecule has 0 aromatic carbocycles. The van der Waals surface area contributed by atoms with E-state index in [-0.39, 0.29) is 94.7 Å². The van der Waals surface area contributed by atoms with Gasteiger partial charge in [0.15, 0.2) is 0 Å². The van der Waals surface area contributed by atoms with Crippen molar-refractivity contribution in [2.24, 2.45) is 0 Å². The molecule has 0 aliphatic rings. The molecule has 0 rings (SSSR count). The first kappa shape index (κ1) is 27.7. The molecule has 0 heterocycles. The molecule has 0 saturated heterocycles. The van der Waals surface area contributed by atoms with Crippen LogP contribution >= 0.6 is 0 Å². The molecule has 33 valence electrons. The van der Waals surface area contributed by atoms with Crippen LogP contribution in [0.25, 0.3) is 0 Å². The van der Waals surface area contributed by atoms with Crippen LogP contribution in [0.15, 0.2) is 0 Å². The van der Waals surface area contributed by atoms with Gasteiger partial charge < -0.3 is 0 Å². The smallest absolute Gasteiger partial charge is 0 e. The third-order valence-corrected chi connectivity index (χ3v) is 0. The Hall–Kier alpha value is 3.05. The first-order valence-electron chi connectivity index (χ1n) is 0. The van der Waals surface area contributed by atoms with Gasteiger partial charge in [0.25, 0.3) is 0 Å². The Bertz CT molecular complexity index is 6.00. The summed E-state index contributed by atoms with van der Waals surface area (Å²) in [5, 5.41) is 0. The SMILES string of the molecule is [Ag].[Dy].[Se].[Se]. The molecule has 0 saturated carbocycles. The molecule has 0 spiro atoms. The third kappa shape index (κ3) is 8.90. The fourth-order valence-corrected chi connectivity index (χ4v) is 0. The van der Waals surface area contributed by atoms with Crippen LogP contribution < -0.4 is 0 Å². The standard InChI is InChI=1S/Ag.Dy.2Se. The zero-order chi connectivity index (χ0) is 0. The van der Waals surface area contributed by atoms with Gasteiger partial charge in [0.05, 0.1) is 0 Å². The van der Waals surface area contributed by atoms with Gasteiger partial charge in [-0.15, -0.1) is 0 Å². The van der Waals surface area contributed by atoms with Crippen LogP contribution in [0.3, 0.4) is 0 Å². The summed E-state index contributed by atoms with van der Waals surface area (Å²) in [5.74, 6) is 0. The first-order chi connectivity index (χ1) is 0. The summed E-state index contributed by atoms with van der Waals surface area (Å²) in [5.41, 5.74) is 0. The van der Waals surface area contributed by atoms with Gasteiger partial charge in [-0.2, -0.15) is 0 Å². The maximum atomic E-state index is 0. The topological polar surface area (TPSA) is 0 Å². The Morgan fingerprint density at radius 1 is 0.750 bits per heavy atom. The van der Waals surface area contributed by atoms with E-state index in [0.717, 1.165) is 0 Å². The molecule has 5 radical (unpaired) electrons. The second-order valence-corrected chi connectivity index (χ2v) is 0. The van der Waals surface area contributed by atoms with E-state index in [1.54, 1.807) is 0 Å². The van der Waals surface area contributed by atoms with Crippen LogP contribution in [0.5, 0.6) is 0 Å². The van der Waals surface area contributed by atoms with Crippen molar-refractivity contribution in [3.05, 3.63) is 0 Å². The molecular weight excluding hydrogens is 428 g/mol. The molecule has 0 fully saturated rings. The van der Waals surface area contributed by atoms with Gasteiger partial charge >= 0.3 is 0 Å². The van der Waals surface area contributed by atoms with Gasteiger partial charge in [-0.3, -0.25) is 0 Å². The normalized spacial score (nSPS) is 0. The fraction of sp³-hybridized carbons (Fsp3) is 0. The van der Waals surface area contributed by atoms with E-state index in [0.29, 0.717) is 0 Å². The van der Waals surface area contributed by atoms with Crippen molar-refractivity contribution < 1.29 is 60.6 Å². The van der Waals surface area contributed by atoms with Gasteiger partial charge in [-0.05, 0) is 0 Å². The Balaban J connectivity index is 0. The number of hydrogen-bond acceptors (Lipinski definition) is 0. The van der Waals surface area contributed by atoms with Crippen molar-refractivity contribution in [3.8, 4) is 0 Å². The van der Waals surface area contributed by atoms with E-state index in [1.807, 2.05) is 0 Å². The van der Waals surface area contributed by atoms with Crippen LogP contribution in [0.1, 0.15) is 0 Å². The van der Waals surface area contributed by atoms with Gasteiger partial charge in [-0.1, -0.05) is 0 Å². The molecule has 0 amide bonds. The zero-order valence-corrected chi connectivity index (χ0v) is 8.37. The van der Waals surface area contributed by atoms with Gasteiger partial charge in [-0.25, -0.2) is 0 Å². The van der Waals surface area contributed by atoms with Crippen molar-refractivity contribution in [2.75, 3.05) is 0 Å². The Labute approximate surface area is 92.7 Å². The Kier molecular flexibility index (Phi) is 115. The summed E-state index contributed by atoms with van der Waals surface area (Å²) < 4.78 is 0. The van der Waals surface area contributed by atoms with Crippen molar-refractivity contribution in [1.82, 2.24) is 0 Å². The summed E-state index contributed by atoms with van der Waals surface area (Å²) in [6.07, 6.45) is 0. The Morgan fingerprint density at radius 2 is 0.750 bits per heavy atom. The molecule has 0 aliphatic carbocycles. The summed E-state index contributed by atoms with van der Waals surface area (Å²) in [7, 11) is 0. The average Bonchev–Trinajstić information content (AvgIpc) is 0. The minimum atomic E-state index is 0. The van der Waals surface area contributed by atoms with Crippen molar-refractivity contribution in [2.45, 2.75) is 0 Å². The predicted molar refractivity (Wildman–Crippen MR) is 11.5 cm³/mol. The van der Waals surface area contributed by atoms with Crippen LogP contribution in [0.4, 0.5) is 0 Å². The largest absolute Gasteiger partial charge is 0 e. The maximum Gasteiger partial charge on any atom is 0 e. The quantitative estimate of drug-likeness (QED) is 0.445. The zero-order valence-electron chi connectivity index (χ0n) is 1.43. The second kappa shape index (κ2) is 16.6. The predicted octanol–water partition coefficient (Wildman–Crippen LogP) is -0.764. The minimum absolute atomic E-state index is 0. The number of hydrogen-bond donors (Lipinski definition) is 0. The van der Waals surface area contributed by atoms with Crippen LogP contribution in [-0.4, -0.2) is 34.1 Å². The maximum absolute atomic E-state index is 0. The van der Waals surface area contributed by atoms with Crippen molar-refractivity contribution >= 4 is 34.1 Å². The van der Waals surface area contributed by atoms with Gasteiger partial charge in [0.1, 0.15) is 0 Å². The van der Waals surface area contributed by atoms with E-state index >= 15 is 0 Å².